The summed E-state index contributed by atoms with van der Waals surface area (Å²) in [5.74, 6) is 4.87. The maximum absolute atomic E-state index is 13.1. The summed E-state index contributed by atoms with van der Waals surface area (Å²) in [6.45, 7) is 0.109. The molecular formula is C22H19FN4O2. The minimum Gasteiger partial charge on any atom is -0.355 e. The molecule has 2 N–H and O–H groups in total. The minimum atomic E-state index is -0.334. The van der Waals surface area contributed by atoms with E-state index in [0.29, 0.717) is 28.1 Å². The van der Waals surface area contributed by atoms with Crippen LogP contribution in [0.25, 0.3) is 11.3 Å². The topological polar surface area (TPSA) is 76.0 Å². The molecule has 0 fully saturated rings. The molecule has 0 aliphatic rings. The maximum atomic E-state index is 13.1. The number of hydrogen-bond acceptors (Lipinski definition) is 3. The summed E-state index contributed by atoms with van der Waals surface area (Å²) in [5.41, 5.74) is 2.71. The average Bonchev–Trinajstić information content (AvgIpc) is 3.13. The number of carbonyl (C=O) groups excluding carboxylic acids is 2. The van der Waals surface area contributed by atoms with Crippen molar-refractivity contribution in [2.24, 2.45) is 7.05 Å². The van der Waals surface area contributed by atoms with Crippen molar-refractivity contribution in [3.8, 4) is 23.1 Å². The second kappa shape index (κ2) is 8.85. The Bertz CT molecular complexity index is 1110. The summed E-state index contributed by atoms with van der Waals surface area (Å²) in [6.07, 6.45) is 0. The van der Waals surface area contributed by atoms with E-state index in [1.54, 1.807) is 56.6 Å². The number of nitrogens with zero attached hydrogens (tertiary/aromatic N) is 2. The smallest absolute Gasteiger partial charge is 0.270 e. The van der Waals surface area contributed by atoms with Gasteiger partial charge in [-0.05, 0) is 42.5 Å². The Kier molecular flexibility index (Phi) is 6.05. The van der Waals surface area contributed by atoms with Gasteiger partial charge >= 0.3 is 0 Å². The number of amides is 2. The molecule has 0 saturated carbocycles. The second-order valence-electron chi connectivity index (χ2n) is 6.15. The Morgan fingerprint density at radius 2 is 1.83 bits per heavy atom. The summed E-state index contributed by atoms with van der Waals surface area (Å²) >= 11 is 0. The molecular weight excluding hydrogens is 371 g/mol. The Morgan fingerprint density at radius 1 is 1.10 bits per heavy atom. The minimum absolute atomic E-state index is 0.109. The van der Waals surface area contributed by atoms with Crippen LogP contribution in [0.15, 0.2) is 54.6 Å². The Balaban J connectivity index is 1.68. The number of carbonyl (C=O) groups is 2. The van der Waals surface area contributed by atoms with E-state index < -0.39 is 0 Å². The summed E-state index contributed by atoms with van der Waals surface area (Å²) in [4.78, 5) is 24.3. The Hall–Kier alpha value is -3.92. The van der Waals surface area contributed by atoms with E-state index in [9.17, 15) is 14.0 Å². The standard InChI is InChI=1S/C22H19FN4O2/c1-24-21(28)18-8-4-3-6-15(18)7-5-13-25-22(29)20-14-19(26-27(20)2)16-9-11-17(23)12-10-16/h3-4,6,8-12,14H,13H2,1-2H3,(H,24,28)(H,25,29). The van der Waals surface area contributed by atoms with Crippen molar-refractivity contribution < 1.29 is 14.0 Å². The molecule has 0 radical (unpaired) electrons. The number of aryl methyl sites for hydroxylation is 1. The molecule has 0 aliphatic heterocycles. The zero-order valence-corrected chi connectivity index (χ0v) is 16.0. The van der Waals surface area contributed by atoms with Gasteiger partial charge in [0.15, 0.2) is 0 Å². The molecule has 146 valence electrons. The lowest BCUT2D eigenvalue weighted by atomic mass is 10.1. The molecule has 3 aromatic rings. The van der Waals surface area contributed by atoms with Crippen LogP contribution in [0.1, 0.15) is 26.4 Å². The predicted molar refractivity (Wildman–Crippen MR) is 108 cm³/mol. The number of hydrogen-bond donors (Lipinski definition) is 2. The highest BCUT2D eigenvalue weighted by molar-refractivity contribution is 5.96. The van der Waals surface area contributed by atoms with Crippen molar-refractivity contribution in [1.29, 1.82) is 0 Å². The molecule has 7 heteroatoms. The largest absolute Gasteiger partial charge is 0.355 e. The fourth-order valence-corrected chi connectivity index (χ4v) is 2.72. The van der Waals surface area contributed by atoms with Crippen molar-refractivity contribution in [1.82, 2.24) is 20.4 Å². The van der Waals surface area contributed by atoms with E-state index in [4.69, 9.17) is 0 Å². The second-order valence-corrected chi connectivity index (χ2v) is 6.15. The van der Waals surface area contributed by atoms with Gasteiger partial charge in [0.25, 0.3) is 11.8 Å². The lowest BCUT2D eigenvalue weighted by Crippen LogP contribution is -2.25. The van der Waals surface area contributed by atoms with Gasteiger partial charge in [0, 0.05) is 25.2 Å². The van der Waals surface area contributed by atoms with Gasteiger partial charge < -0.3 is 10.6 Å². The van der Waals surface area contributed by atoms with Crippen LogP contribution in [0.5, 0.6) is 0 Å². The third-order valence-electron chi connectivity index (χ3n) is 4.21. The van der Waals surface area contributed by atoms with Crippen molar-refractivity contribution in [3.63, 3.8) is 0 Å². The third-order valence-corrected chi connectivity index (χ3v) is 4.21. The normalized spacial score (nSPS) is 10.0. The molecule has 1 aromatic heterocycles. The van der Waals surface area contributed by atoms with Gasteiger partial charge in [-0.2, -0.15) is 5.10 Å². The van der Waals surface area contributed by atoms with Gasteiger partial charge in [-0.25, -0.2) is 4.39 Å². The predicted octanol–water partition coefficient (Wildman–Crippen LogP) is 2.37. The van der Waals surface area contributed by atoms with Gasteiger partial charge in [-0.3, -0.25) is 14.3 Å². The van der Waals surface area contributed by atoms with E-state index in [1.807, 2.05) is 0 Å². The fourth-order valence-electron chi connectivity index (χ4n) is 2.72. The fraction of sp³-hybridized carbons (Fsp3) is 0.136. The first-order valence-electron chi connectivity index (χ1n) is 8.87. The first-order valence-corrected chi connectivity index (χ1v) is 8.87. The number of halogens is 1. The van der Waals surface area contributed by atoms with Gasteiger partial charge in [0.1, 0.15) is 11.5 Å². The van der Waals surface area contributed by atoms with Crippen LogP contribution >= 0.6 is 0 Å². The van der Waals surface area contributed by atoms with Crippen LogP contribution in [-0.4, -0.2) is 35.2 Å². The first kappa shape index (κ1) is 19.8. The van der Waals surface area contributed by atoms with Crippen molar-refractivity contribution in [3.05, 3.63) is 77.2 Å². The molecule has 29 heavy (non-hydrogen) atoms. The molecule has 0 bridgehead atoms. The van der Waals surface area contributed by atoms with Crippen molar-refractivity contribution in [2.75, 3.05) is 13.6 Å². The molecule has 2 aromatic carbocycles. The molecule has 1 heterocycles. The molecule has 0 spiro atoms. The molecule has 0 aliphatic carbocycles. The lowest BCUT2D eigenvalue weighted by Gasteiger charge is -2.02. The van der Waals surface area contributed by atoms with Gasteiger partial charge in [-0.1, -0.05) is 24.0 Å². The molecule has 2 amide bonds. The van der Waals surface area contributed by atoms with Crippen LogP contribution < -0.4 is 10.6 Å². The van der Waals surface area contributed by atoms with E-state index in [0.717, 1.165) is 0 Å². The average molecular weight is 390 g/mol. The summed E-state index contributed by atoms with van der Waals surface area (Å²) < 4.78 is 14.5. The molecule has 0 unspecified atom stereocenters. The molecule has 0 atom stereocenters. The van der Waals surface area contributed by atoms with Crippen LogP contribution in [-0.2, 0) is 7.05 Å². The van der Waals surface area contributed by atoms with Gasteiger partial charge in [0.05, 0.1) is 17.8 Å². The van der Waals surface area contributed by atoms with Crippen LogP contribution in [0.4, 0.5) is 4.39 Å². The number of rotatable bonds is 4. The zero-order valence-electron chi connectivity index (χ0n) is 16.0. The monoisotopic (exact) mass is 390 g/mol. The van der Waals surface area contributed by atoms with E-state index in [2.05, 4.69) is 27.6 Å². The van der Waals surface area contributed by atoms with Crippen molar-refractivity contribution >= 4 is 11.8 Å². The quantitative estimate of drug-likeness (QED) is 0.672. The molecule has 0 saturated heterocycles. The van der Waals surface area contributed by atoms with E-state index in [-0.39, 0.29) is 24.2 Å². The molecule has 3 rings (SSSR count). The van der Waals surface area contributed by atoms with E-state index >= 15 is 0 Å². The van der Waals surface area contributed by atoms with Gasteiger partial charge in [0.2, 0.25) is 0 Å². The Morgan fingerprint density at radius 3 is 2.55 bits per heavy atom. The highest BCUT2D eigenvalue weighted by Crippen LogP contribution is 2.19. The highest BCUT2D eigenvalue weighted by atomic mass is 19.1. The SMILES string of the molecule is CNC(=O)c1ccccc1C#CCNC(=O)c1cc(-c2ccc(F)cc2)nn1C. The van der Waals surface area contributed by atoms with E-state index in [1.165, 1.54) is 16.8 Å². The van der Waals surface area contributed by atoms with Gasteiger partial charge in [-0.15, -0.1) is 0 Å². The number of aromatic nitrogens is 2. The summed E-state index contributed by atoms with van der Waals surface area (Å²) in [7, 11) is 3.22. The molecule has 6 nitrogen and oxygen atoms in total. The number of benzene rings is 2. The maximum Gasteiger partial charge on any atom is 0.270 e. The van der Waals surface area contributed by atoms with Crippen LogP contribution in [0, 0.1) is 17.7 Å². The summed E-state index contributed by atoms with van der Waals surface area (Å²) in [5, 5.41) is 9.58. The Labute approximate surface area is 167 Å². The lowest BCUT2D eigenvalue weighted by molar-refractivity contribution is 0.0945. The zero-order chi connectivity index (χ0) is 20.8. The highest BCUT2D eigenvalue weighted by Gasteiger charge is 2.13. The van der Waals surface area contributed by atoms with Crippen molar-refractivity contribution in [2.45, 2.75) is 0 Å². The first-order chi connectivity index (χ1) is 14.0. The number of nitrogens with one attached hydrogen (secondary N) is 2. The summed E-state index contributed by atoms with van der Waals surface area (Å²) in [6, 6.07) is 14.5. The van der Waals surface area contributed by atoms with Crippen LogP contribution in [0.3, 0.4) is 0 Å². The van der Waals surface area contributed by atoms with Crippen LogP contribution in [0.2, 0.25) is 0 Å². The third kappa shape index (κ3) is 4.68.